The lowest BCUT2D eigenvalue weighted by Gasteiger charge is -2.33. The summed E-state index contributed by atoms with van der Waals surface area (Å²) in [6.45, 7) is 7.25. The van der Waals surface area contributed by atoms with Gasteiger partial charge in [0.15, 0.2) is 0 Å². The highest BCUT2D eigenvalue weighted by Gasteiger charge is 2.54. The second-order valence-corrected chi connectivity index (χ2v) is 10.3. The Morgan fingerprint density at radius 2 is 1.86 bits per heavy atom. The summed E-state index contributed by atoms with van der Waals surface area (Å²) in [6, 6.07) is 10.5. The van der Waals surface area contributed by atoms with Gasteiger partial charge in [0.05, 0.1) is 5.41 Å². The van der Waals surface area contributed by atoms with E-state index in [-0.39, 0.29) is 17.6 Å². The Balaban J connectivity index is 1.39. The quantitative estimate of drug-likeness (QED) is 0.828. The van der Waals surface area contributed by atoms with E-state index in [0.29, 0.717) is 17.7 Å². The third kappa shape index (κ3) is 4.59. The van der Waals surface area contributed by atoms with Gasteiger partial charge in [-0.3, -0.25) is 4.79 Å². The zero-order valence-electron chi connectivity index (χ0n) is 17.9. The van der Waals surface area contributed by atoms with Gasteiger partial charge in [0.1, 0.15) is 5.60 Å². The van der Waals surface area contributed by atoms with E-state index in [4.69, 9.17) is 4.74 Å². The Hall–Kier alpha value is -2.04. The first kappa shape index (κ1) is 20.2. The van der Waals surface area contributed by atoms with Crippen LogP contribution in [0.4, 0.5) is 4.79 Å². The SMILES string of the molecule is CC(C)(C)OC(=O)NC1CCCC2CN(C(=O)C3(Cc4ccccc4)CC3)CC21. The van der Waals surface area contributed by atoms with E-state index in [1.807, 2.05) is 39.0 Å². The molecule has 2 saturated carbocycles. The van der Waals surface area contributed by atoms with Gasteiger partial charge in [-0.2, -0.15) is 0 Å². The molecule has 5 nitrogen and oxygen atoms in total. The Kier molecular flexibility index (Phi) is 5.34. The molecule has 2 aliphatic carbocycles. The fourth-order valence-corrected chi connectivity index (χ4v) is 5.21. The van der Waals surface area contributed by atoms with Gasteiger partial charge in [-0.1, -0.05) is 36.8 Å². The number of nitrogens with zero attached hydrogens (tertiary/aromatic N) is 1. The van der Waals surface area contributed by atoms with Crippen molar-refractivity contribution in [2.24, 2.45) is 17.3 Å². The molecule has 29 heavy (non-hydrogen) atoms. The molecule has 0 bridgehead atoms. The second-order valence-electron chi connectivity index (χ2n) is 10.3. The second kappa shape index (κ2) is 7.66. The maximum atomic E-state index is 13.4. The molecule has 1 aromatic carbocycles. The van der Waals surface area contributed by atoms with Crippen LogP contribution in [-0.2, 0) is 16.0 Å². The molecule has 3 unspecified atom stereocenters. The molecule has 1 heterocycles. The van der Waals surface area contributed by atoms with Crippen molar-refractivity contribution in [2.75, 3.05) is 13.1 Å². The lowest BCUT2D eigenvalue weighted by atomic mass is 9.78. The molecule has 3 aliphatic rings. The van der Waals surface area contributed by atoms with Gasteiger partial charge in [-0.25, -0.2) is 4.79 Å². The number of fused-ring (bicyclic) bond motifs is 1. The van der Waals surface area contributed by atoms with Crippen LogP contribution in [0, 0.1) is 17.3 Å². The first-order valence-electron chi connectivity index (χ1n) is 11.1. The van der Waals surface area contributed by atoms with Crippen molar-refractivity contribution in [1.82, 2.24) is 10.2 Å². The van der Waals surface area contributed by atoms with Gasteiger partial charge >= 0.3 is 6.09 Å². The van der Waals surface area contributed by atoms with Crippen molar-refractivity contribution in [1.29, 1.82) is 0 Å². The Morgan fingerprint density at radius 1 is 1.14 bits per heavy atom. The number of hydrogen-bond acceptors (Lipinski definition) is 3. The predicted molar refractivity (Wildman–Crippen MR) is 112 cm³/mol. The van der Waals surface area contributed by atoms with E-state index in [1.165, 1.54) is 5.56 Å². The van der Waals surface area contributed by atoms with Crippen LogP contribution in [0.3, 0.4) is 0 Å². The lowest BCUT2D eigenvalue weighted by Crippen LogP contribution is -2.47. The molecule has 1 aliphatic heterocycles. The number of nitrogens with one attached hydrogen (secondary N) is 1. The molecule has 0 spiro atoms. The first-order chi connectivity index (χ1) is 13.8. The van der Waals surface area contributed by atoms with Crippen LogP contribution in [-0.4, -0.2) is 41.6 Å². The van der Waals surface area contributed by atoms with E-state index < -0.39 is 5.60 Å². The Labute approximate surface area is 174 Å². The topological polar surface area (TPSA) is 58.6 Å². The molecule has 2 amide bonds. The van der Waals surface area contributed by atoms with Crippen molar-refractivity contribution in [3.63, 3.8) is 0 Å². The third-order valence-corrected chi connectivity index (χ3v) is 6.78. The number of benzene rings is 1. The van der Waals surface area contributed by atoms with Gasteiger partial charge in [0.2, 0.25) is 5.91 Å². The van der Waals surface area contributed by atoms with Crippen LogP contribution in [0.1, 0.15) is 58.4 Å². The van der Waals surface area contributed by atoms with E-state index in [9.17, 15) is 9.59 Å². The summed E-state index contributed by atoms with van der Waals surface area (Å²) in [6.07, 6.45) is 5.70. The van der Waals surface area contributed by atoms with E-state index in [1.54, 1.807) is 0 Å². The van der Waals surface area contributed by atoms with Gasteiger partial charge in [-0.05, 0) is 64.4 Å². The van der Waals surface area contributed by atoms with Crippen molar-refractivity contribution in [3.8, 4) is 0 Å². The fraction of sp³-hybridized carbons (Fsp3) is 0.667. The molecular formula is C24H34N2O3. The summed E-state index contributed by atoms with van der Waals surface area (Å²) < 4.78 is 5.46. The van der Waals surface area contributed by atoms with Gasteiger partial charge in [0.25, 0.3) is 0 Å². The third-order valence-electron chi connectivity index (χ3n) is 6.78. The summed E-state index contributed by atoms with van der Waals surface area (Å²) in [5, 5.41) is 3.10. The van der Waals surface area contributed by atoms with E-state index in [2.05, 4.69) is 22.3 Å². The summed E-state index contributed by atoms with van der Waals surface area (Å²) in [5.41, 5.74) is 0.564. The van der Waals surface area contributed by atoms with Gasteiger partial charge < -0.3 is 15.0 Å². The van der Waals surface area contributed by atoms with Crippen LogP contribution in [0.5, 0.6) is 0 Å². The lowest BCUT2D eigenvalue weighted by molar-refractivity contribution is -0.136. The highest BCUT2D eigenvalue weighted by atomic mass is 16.6. The predicted octanol–water partition coefficient (Wildman–Crippen LogP) is 4.16. The minimum atomic E-state index is -0.494. The van der Waals surface area contributed by atoms with Crippen LogP contribution < -0.4 is 5.32 Å². The minimum Gasteiger partial charge on any atom is -0.444 e. The summed E-state index contributed by atoms with van der Waals surface area (Å²) in [4.78, 5) is 27.8. The van der Waals surface area contributed by atoms with E-state index >= 15 is 0 Å². The van der Waals surface area contributed by atoms with Crippen molar-refractivity contribution in [2.45, 2.75) is 70.9 Å². The number of likely N-dealkylation sites (tertiary alicyclic amines) is 1. The van der Waals surface area contributed by atoms with Gasteiger partial charge in [-0.15, -0.1) is 0 Å². The fourth-order valence-electron chi connectivity index (χ4n) is 5.21. The first-order valence-corrected chi connectivity index (χ1v) is 11.1. The number of amides is 2. The van der Waals surface area contributed by atoms with Crippen LogP contribution in [0.25, 0.3) is 0 Å². The molecule has 1 saturated heterocycles. The molecule has 1 N–H and O–H groups in total. The van der Waals surface area contributed by atoms with Crippen LogP contribution in [0.2, 0.25) is 0 Å². The normalized spacial score (nSPS) is 27.8. The molecule has 3 atom stereocenters. The highest BCUT2D eigenvalue weighted by molar-refractivity contribution is 5.86. The van der Waals surface area contributed by atoms with Crippen molar-refractivity contribution < 1.29 is 14.3 Å². The van der Waals surface area contributed by atoms with Crippen LogP contribution >= 0.6 is 0 Å². The molecule has 0 radical (unpaired) electrons. The average Bonchev–Trinajstić information content (AvgIpc) is 3.29. The van der Waals surface area contributed by atoms with Gasteiger partial charge in [0, 0.05) is 25.0 Å². The number of rotatable bonds is 4. The molecule has 158 valence electrons. The minimum absolute atomic E-state index is 0.102. The smallest absolute Gasteiger partial charge is 0.407 e. The van der Waals surface area contributed by atoms with Crippen molar-refractivity contribution in [3.05, 3.63) is 35.9 Å². The number of alkyl carbamates (subject to hydrolysis) is 1. The summed E-state index contributed by atoms with van der Waals surface area (Å²) in [7, 11) is 0. The molecule has 0 aromatic heterocycles. The number of carbonyl (C=O) groups excluding carboxylic acids is 2. The van der Waals surface area contributed by atoms with E-state index in [0.717, 1.165) is 51.6 Å². The number of hydrogen-bond donors (Lipinski definition) is 1. The number of carbonyl (C=O) groups is 2. The zero-order chi connectivity index (χ0) is 20.6. The average molecular weight is 399 g/mol. The highest BCUT2D eigenvalue weighted by Crippen LogP contribution is 2.51. The Bertz CT molecular complexity index is 751. The van der Waals surface area contributed by atoms with Crippen LogP contribution in [0.15, 0.2) is 30.3 Å². The summed E-state index contributed by atoms with van der Waals surface area (Å²) >= 11 is 0. The molecular weight excluding hydrogens is 364 g/mol. The Morgan fingerprint density at radius 3 is 2.52 bits per heavy atom. The maximum Gasteiger partial charge on any atom is 0.407 e. The standard InChI is InChI=1S/C24H34N2O3/c1-23(2,3)29-22(28)25-20-11-7-10-18-15-26(16-19(18)20)21(27)24(12-13-24)14-17-8-5-4-6-9-17/h4-6,8-9,18-20H,7,10-16H2,1-3H3,(H,25,28). The zero-order valence-corrected chi connectivity index (χ0v) is 17.9. The summed E-state index contributed by atoms with van der Waals surface area (Å²) in [5.74, 6) is 1.15. The molecule has 1 aromatic rings. The number of ether oxygens (including phenoxy) is 1. The van der Waals surface area contributed by atoms with Crippen molar-refractivity contribution >= 4 is 12.0 Å². The largest absolute Gasteiger partial charge is 0.444 e. The maximum absolute atomic E-state index is 13.4. The molecule has 3 fully saturated rings. The molecule has 4 rings (SSSR count). The molecule has 5 heteroatoms. The monoisotopic (exact) mass is 398 g/mol.